The fourth-order valence-corrected chi connectivity index (χ4v) is 1.45. The Labute approximate surface area is 86.3 Å². The molecule has 2 heterocycles. The SMILES string of the molecule is CC(=O)c1ccc2nc(CCl)cn2c1. The summed E-state index contributed by atoms with van der Waals surface area (Å²) in [6, 6.07) is 3.58. The second-order valence-corrected chi connectivity index (χ2v) is 3.37. The van der Waals surface area contributed by atoms with Gasteiger partial charge < -0.3 is 4.40 Å². The third-order valence-corrected chi connectivity index (χ3v) is 2.32. The molecule has 0 fully saturated rings. The minimum absolute atomic E-state index is 0.0491. The predicted octanol–water partition coefficient (Wildman–Crippen LogP) is 2.28. The van der Waals surface area contributed by atoms with Crippen LogP contribution < -0.4 is 0 Å². The quantitative estimate of drug-likeness (QED) is 0.561. The van der Waals surface area contributed by atoms with Gasteiger partial charge in [-0.15, -0.1) is 11.6 Å². The van der Waals surface area contributed by atoms with Gasteiger partial charge in [0, 0.05) is 18.0 Å². The van der Waals surface area contributed by atoms with E-state index in [9.17, 15) is 4.79 Å². The molecular weight excluding hydrogens is 200 g/mol. The van der Waals surface area contributed by atoms with Crippen LogP contribution in [0, 0.1) is 0 Å². The number of carbonyl (C=O) groups excluding carboxylic acids is 1. The molecule has 0 unspecified atom stereocenters. The minimum atomic E-state index is 0.0491. The van der Waals surface area contributed by atoms with E-state index < -0.39 is 0 Å². The molecule has 2 rings (SSSR count). The Morgan fingerprint density at radius 3 is 2.93 bits per heavy atom. The molecule has 4 heteroatoms. The Balaban J connectivity index is 2.59. The number of carbonyl (C=O) groups is 1. The summed E-state index contributed by atoms with van der Waals surface area (Å²) in [7, 11) is 0. The third kappa shape index (κ3) is 1.51. The van der Waals surface area contributed by atoms with Crippen LogP contribution in [-0.4, -0.2) is 15.2 Å². The Hall–Kier alpha value is -1.35. The zero-order valence-corrected chi connectivity index (χ0v) is 8.45. The number of ketones is 1. The standard InChI is InChI=1S/C10H9ClN2O/c1-7(14)8-2-3-10-12-9(4-11)6-13(10)5-8/h2-3,5-6H,4H2,1H3. The van der Waals surface area contributed by atoms with Gasteiger partial charge in [-0.3, -0.25) is 4.79 Å². The highest BCUT2D eigenvalue weighted by molar-refractivity contribution is 6.16. The Bertz CT molecular complexity index is 490. The maximum Gasteiger partial charge on any atom is 0.161 e. The Morgan fingerprint density at radius 1 is 1.50 bits per heavy atom. The lowest BCUT2D eigenvalue weighted by Gasteiger charge is -1.96. The summed E-state index contributed by atoms with van der Waals surface area (Å²) in [6.45, 7) is 1.54. The number of hydrogen-bond acceptors (Lipinski definition) is 2. The van der Waals surface area contributed by atoms with Crippen LogP contribution in [0.5, 0.6) is 0 Å². The summed E-state index contributed by atoms with van der Waals surface area (Å²) in [6.07, 6.45) is 3.59. The highest BCUT2D eigenvalue weighted by atomic mass is 35.5. The summed E-state index contributed by atoms with van der Waals surface area (Å²) in [4.78, 5) is 15.4. The van der Waals surface area contributed by atoms with Crippen LogP contribution in [0.25, 0.3) is 5.65 Å². The molecule has 0 aromatic carbocycles. The molecule has 2 aromatic rings. The molecule has 0 spiro atoms. The van der Waals surface area contributed by atoms with Crippen LogP contribution in [0.1, 0.15) is 23.0 Å². The number of alkyl halides is 1. The molecule has 14 heavy (non-hydrogen) atoms. The number of aromatic nitrogens is 2. The lowest BCUT2D eigenvalue weighted by molar-refractivity contribution is 0.101. The predicted molar refractivity (Wildman–Crippen MR) is 54.8 cm³/mol. The van der Waals surface area contributed by atoms with Crippen molar-refractivity contribution in [3.05, 3.63) is 35.8 Å². The zero-order chi connectivity index (χ0) is 10.1. The van der Waals surface area contributed by atoms with E-state index >= 15 is 0 Å². The summed E-state index contributed by atoms with van der Waals surface area (Å²) >= 11 is 5.66. The van der Waals surface area contributed by atoms with E-state index in [4.69, 9.17) is 11.6 Å². The molecule has 0 aliphatic heterocycles. The first-order chi connectivity index (χ1) is 6.70. The molecule has 0 radical (unpaired) electrons. The fourth-order valence-electron chi connectivity index (χ4n) is 1.32. The smallest absolute Gasteiger partial charge is 0.161 e. The van der Waals surface area contributed by atoms with Crippen molar-refractivity contribution in [3.8, 4) is 0 Å². The monoisotopic (exact) mass is 208 g/mol. The summed E-state index contributed by atoms with van der Waals surface area (Å²) in [5.74, 6) is 0.435. The molecule has 0 aliphatic carbocycles. The topological polar surface area (TPSA) is 34.4 Å². The molecule has 0 saturated heterocycles. The second kappa shape index (κ2) is 3.42. The van der Waals surface area contributed by atoms with Gasteiger partial charge in [-0.1, -0.05) is 0 Å². The van der Waals surface area contributed by atoms with Crippen LogP contribution in [0.2, 0.25) is 0 Å². The van der Waals surface area contributed by atoms with Gasteiger partial charge in [0.2, 0.25) is 0 Å². The van der Waals surface area contributed by atoms with E-state index in [2.05, 4.69) is 4.98 Å². The first kappa shape index (κ1) is 9.21. The number of imidazole rings is 1. The summed E-state index contributed by atoms with van der Waals surface area (Å²) in [5.41, 5.74) is 2.30. The maximum atomic E-state index is 11.1. The van der Waals surface area contributed by atoms with E-state index in [-0.39, 0.29) is 5.78 Å². The zero-order valence-electron chi connectivity index (χ0n) is 7.70. The lowest BCUT2D eigenvalue weighted by Crippen LogP contribution is -1.94. The van der Waals surface area contributed by atoms with Gasteiger partial charge in [0.1, 0.15) is 5.65 Å². The second-order valence-electron chi connectivity index (χ2n) is 3.11. The highest BCUT2D eigenvalue weighted by Gasteiger charge is 2.03. The van der Waals surface area contributed by atoms with Gasteiger partial charge in [0.25, 0.3) is 0 Å². The van der Waals surface area contributed by atoms with E-state index in [1.54, 1.807) is 19.2 Å². The van der Waals surface area contributed by atoms with Crippen LogP contribution in [-0.2, 0) is 5.88 Å². The highest BCUT2D eigenvalue weighted by Crippen LogP contribution is 2.09. The van der Waals surface area contributed by atoms with Crippen molar-refractivity contribution in [1.29, 1.82) is 0 Å². The normalized spacial score (nSPS) is 10.7. The summed E-state index contributed by atoms with van der Waals surface area (Å²) < 4.78 is 1.81. The summed E-state index contributed by atoms with van der Waals surface area (Å²) in [5, 5.41) is 0. The van der Waals surface area contributed by atoms with Gasteiger partial charge in [-0.2, -0.15) is 0 Å². The largest absolute Gasteiger partial charge is 0.306 e. The molecule has 0 N–H and O–H groups in total. The molecule has 2 aromatic heterocycles. The molecule has 0 bridgehead atoms. The average molecular weight is 209 g/mol. The molecular formula is C10H9ClN2O. The van der Waals surface area contributed by atoms with Crippen molar-refractivity contribution in [2.45, 2.75) is 12.8 Å². The molecule has 0 atom stereocenters. The number of rotatable bonds is 2. The van der Waals surface area contributed by atoms with Crippen molar-refractivity contribution in [1.82, 2.24) is 9.38 Å². The van der Waals surface area contributed by atoms with Gasteiger partial charge in [0.15, 0.2) is 5.78 Å². The number of Topliss-reactive ketones (excluding diaryl/α,β-unsaturated/α-hetero) is 1. The number of hydrogen-bond donors (Lipinski definition) is 0. The Kier molecular flexibility index (Phi) is 2.25. The Morgan fingerprint density at radius 2 is 2.29 bits per heavy atom. The van der Waals surface area contributed by atoms with E-state index in [1.165, 1.54) is 0 Å². The first-order valence-electron chi connectivity index (χ1n) is 4.25. The van der Waals surface area contributed by atoms with Crippen molar-refractivity contribution >= 4 is 23.0 Å². The van der Waals surface area contributed by atoms with Gasteiger partial charge >= 0.3 is 0 Å². The van der Waals surface area contributed by atoms with E-state index in [1.807, 2.05) is 16.7 Å². The van der Waals surface area contributed by atoms with E-state index in [0.717, 1.165) is 11.3 Å². The number of pyridine rings is 1. The molecule has 0 aliphatic rings. The van der Waals surface area contributed by atoms with Gasteiger partial charge in [-0.05, 0) is 19.1 Å². The van der Waals surface area contributed by atoms with Crippen molar-refractivity contribution < 1.29 is 4.79 Å². The molecule has 3 nitrogen and oxygen atoms in total. The number of nitrogens with zero attached hydrogens (tertiary/aromatic N) is 2. The van der Waals surface area contributed by atoms with Crippen LogP contribution in [0.3, 0.4) is 0 Å². The van der Waals surface area contributed by atoms with Crippen molar-refractivity contribution in [3.63, 3.8) is 0 Å². The van der Waals surface area contributed by atoms with Gasteiger partial charge in [0.05, 0.1) is 11.6 Å². The molecule has 0 saturated carbocycles. The lowest BCUT2D eigenvalue weighted by atomic mass is 10.2. The molecule has 0 amide bonds. The van der Waals surface area contributed by atoms with Crippen molar-refractivity contribution in [2.75, 3.05) is 0 Å². The van der Waals surface area contributed by atoms with Crippen molar-refractivity contribution in [2.24, 2.45) is 0 Å². The average Bonchev–Trinajstić information content (AvgIpc) is 2.58. The van der Waals surface area contributed by atoms with E-state index in [0.29, 0.717) is 11.4 Å². The van der Waals surface area contributed by atoms with Crippen LogP contribution in [0.15, 0.2) is 24.5 Å². The maximum absolute atomic E-state index is 11.1. The fraction of sp³-hybridized carbons (Fsp3) is 0.200. The number of fused-ring (bicyclic) bond motifs is 1. The first-order valence-corrected chi connectivity index (χ1v) is 4.78. The van der Waals surface area contributed by atoms with Gasteiger partial charge in [-0.25, -0.2) is 4.98 Å². The van der Waals surface area contributed by atoms with Crippen LogP contribution in [0.4, 0.5) is 0 Å². The minimum Gasteiger partial charge on any atom is -0.306 e. The molecule has 72 valence electrons. The third-order valence-electron chi connectivity index (χ3n) is 2.04. The van der Waals surface area contributed by atoms with Crippen LogP contribution >= 0.6 is 11.6 Å². The number of halogens is 1.